The summed E-state index contributed by atoms with van der Waals surface area (Å²) in [5, 5.41) is 3.39. The van der Waals surface area contributed by atoms with Gasteiger partial charge in [-0.1, -0.05) is 0 Å². The van der Waals surface area contributed by atoms with E-state index in [9.17, 15) is 0 Å². The second kappa shape index (κ2) is 9.08. The molecule has 33 heavy (non-hydrogen) atoms. The van der Waals surface area contributed by atoms with Gasteiger partial charge in [0, 0.05) is 50.6 Å². The van der Waals surface area contributed by atoms with Gasteiger partial charge >= 0.3 is 0 Å². The van der Waals surface area contributed by atoms with Crippen molar-refractivity contribution < 1.29 is 4.74 Å². The Bertz CT molecular complexity index is 1250. The molecule has 170 valence electrons. The third kappa shape index (κ3) is 4.62. The van der Waals surface area contributed by atoms with E-state index in [-0.39, 0.29) is 0 Å². The molecular formula is C23H27N9O. The lowest BCUT2D eigenvalue weighted by Crippen LogP contribution is -2.43. The third-order valence-electron chi connectivity index (χ3n) is 5.81. The monoisotopic (exact) mass is 445 g/mol. The molecule has 1 fully saturated rings. The number of aromatic nitrogens is 6. The van der Waals surface area contributed by atoms with Gasteiger partial charge < -0.3 is 19.9 Å². The lowest BCUT2D eigenvalue weighted by molar-refractivity contribution is 0.148. The number of rotatable bonds is 6. The van der Waals surface area contributed by atoms with E-state index in [1.54, 1.807) is 19.6 Å². The van der Waals surface area contributed by atoms with E-state index in [1.807, 2.05) is 25.3 Å². The van der Waals surface area contributed by atoms with Crippen LogP contribution in [-0.2, 0) is 6.54 Å². The van der Waals surface area contributed by atoms with Gasteiger partial charge in [0.15, 0.2) is 5.65 Å². The largest absolute Gasteiger partial charge is 0.481 e. The maximum absolute atomic E-state index is 5.17. The Morgan fingerprint density at radius 2 is 1.91 bits per heavy atom. The fourth-order valence-electron chi connectivity index (χ4n) is 3.99. The molecular weight excluding hydrogens is 418 g/mol. The van der Waals surface area contributed by atoms with Crippen molar-refractivity contribution in [2.24, 2.45) is 0 Å². The first kappa shape index (κ1) is 21.2. The van der Waals surface area contributed by atoms with Crippen LogP contribution in [0.1, 0.15) is 11.4 Å². The first-order chi connectivity index (χ1) is 16.1. The highest BCUT2D eigenvalue weighted by atomic mass is 16.5. The number of anilines is 2. The predicted molar refractivity (Wildman–Crippen MR) is 126 cm³/mol. The molecule has 10 heteroatoms. The Kier molecular flexibility index (Phi) is 5.84. The minimum Gasteiger partial charge on any atom is -0.481 e. The van der Waals surface area contributed by atoms with Crippen molar-refractivity contribution in [1.29, 1.82) is 0 Å². The lowest BCUT2D eigenvalue weighted by atomic mass is 10.1. The van der Waals surface area contributed by atoms with Crippen molar-refractivity contribution in [3.63, 3.8) is 0 Å². The molecule has 0 radical (unpaired) electrons. The van der Waals surface area contributed by atoms with E-state index in [4.69, 9.17) is 14.7 Å². The van der Waals surface area contributed by atoms with Crippen LogP contribution in [0.25, 0.3) is 22.4 Å². The van der Waals surface area contributed by atoms with Crippen LogP contribution in [0.15, 0.2) is 36.9 Å². The zero-order valence-electron chi connectivity index (χ0n) is 19.0. The Labute approximate surface area is 192 Å². The van der Waals surface area contributed by atoms with E-state index in [0.717, 1.165) is 60.7 Å². The zero-order chi connectivity index (χ0) is 22.8. The van der Waals surface area contributed by atoms with Crippen molar-refractivity contribution in [3.8, 4) is 17.1 Å². The molecule has 0 amide bonds. The number of aryl methyl sites for hydroxylation is 1. The summed E-state index contributed by atoms with van der Waals surface area (Å²) >= 11 is 0. The van der Waals surface area contributed by atoms with Crippen molar-refractivity contribution in [2.75, 3.05) is 45.7 Å². The first-order valence-corrected chi connectivity index (χ1v) is 10.9. The van der Waals surface area contributed by atoms with Gasteiger partial charge in [0.05, 0.1) is 25.3 Å². The fourth-order valence-corrected chi connectivity index (χ4v) is 3.99. The number of hydrogen-bond acceptors (Lipinski definition) is 9. The maximum Gasteiger partial charge on any atom is 0.213 e. The highest BCUT2D eigenvalue weighted by Gasteiger charge is 2.19. The van der Waals surface area contributed by atoms with Crippen LogP contribution in [0, 0.1) is 6.92 Å². The lowest BCUT2D eigenvalue weighted by Gasteiger charge is -2.32. The molecule has 4 aromatic heterocycles. The minimum atomic E-state index is 0.557. The van der Waals surface area contributed by atoms with Gasteiger partial charge in [-0.05, 0) is 31.7 Å². The highest BCUT2D eigenvalue weighted by molar-refractivity contribution is 5.91. The number of ether oxygens (including phenoxy) is 1. The number of pyridine rings is 2. The number of nitrogens with zero attached hydrogens (tertiary/aromatic N) is 7. The number of nitrogens with one attached hydrogen (secondary N) is 2. The Morgan fingerprint density at radius 1 is 1.06 bits per heavy atom. The van der Waals surface area contributed by atoms with Gasteiger partial charge in [0.25, 0.3) is 0 Å². The summed E-state index contributed by atoms with van der Waals surface area (Å²) in [6.07, 6.45) is 5.29. The van der Waals surface area contributed by atoms with Gasteiger partial charge in [-0.2, -0.15) is 0 Å². The van der Waals surface area contributed by atoms with Gasteiger partial charge in [0.1, 0.15) is 22.9 Å². The number of H-pyrrole nitrogens is 1. The molecule has 0 unspecified atom stereocenters. The molecule has 0 atom stereocenters. The van der Waals surface area contributed by atoms with Crippen molar-refractivity contribution >= 4 is 22.7 Å². The molecule has 0 bridgehead atoms. The van der Waals surface area contributed by atoms with E-state index in [0.29, 0.717) is 23.2 Å². The molecule has 0 aromatic carbocycles. The van der Waals surface area contributed by atoms with Crippen molar-refractivity contribution in [2.45, 2.75) is 13.5 Å². The highest BCUT2D eigenvalue weighted by Crippen LogP contribution is 2.32. The van der Waals surface area contributed by atoms with E-state index in [1.165, 1.54) is 0 Å². The number of fused-ring (bicyclic) bond motifs is 1. The number of hydrogen-bond donors (Lipinski definition) is 2. The number of likely N-dealkylation sites (N-methyl/N-ethyl adjacent to an activating group) is 1. The molecule has 4 aromatic rings. The van der Waals surface area contributed by atoms with Crippen LogP contribution < -0.4 is 10.1 Å². The number of imidazole rings is 1. The van der Waals surface area contributed by atoms with Crippen LogP contribution in [0.4, 0.5) is 11.5 Å². The Hall–Kier alpha value is -3.63. The van der Waals surface area contributed by atoms with Crippen molar-refractivity contribution in [1.82, 2.24) is 39.7 Å². The summed E-state index contributed by atoms with van der Waals surface area (Å²) in [6, 6.07) is 5.88. The molecule has 1 aliphatic heterocycles. The predicted octanol–water partition coefficient (Wildman–Crippen LogP) is 2.62. The van der Waals surface area contributed by atoms with Gasteiger partial charge in [-0.3, -0.25) is 4.90 Å². The van der Waals surface area contributed by atoms with Gasteiger partial charge in [-0.25, -0.2) is 24.9 Å². The van der Waals surface area contributed by atoms with Gasteiger partial charge in [-0.15, -0.1) is 0 Å². The van der Waals surface area contributed by atoms with Crippen LogP contribution in [0.2, 0.25) is 0 Å². The number of aromatic amines is 1. The summed E-state index contributed by atoms with van der Waals surface area (Å²) in [5.74, 6) is 1.91. The average Bonchev–Trinajstić information content (AvgIpc) is 3.30. The van der Waals surface area contributed by atoms with E-state index in [2.05, 4.69) is 48.2 Å². The second-order valence-corrected chi connectivity index (χ2v) is 8.25. The molecule has 5 heterocycles. The standard InChI is InChI=1S/C23H27N9O/c1-15-28-20(21-23(29-15)27-14-26-21)18-10-16(13-32-8-6-31(2)7-9-32)11-25-22(18)30-17-4-5-19(33-3)24-12-17/h4-5,10-12,14H,6-9,13H2,1-3H3,(H,25,30)(H,26,27,28,29). The van der Waals surface area contributed by atoms with Crippen LogP contribution >= 0.6 is 0 Å². The van der Waals surface area contributed by atoms with E-state index < -0.39 is 0 Å². The maximum atomic E-state index is 5.17. The quantitative estimate of drug-likeness (QED) is 0.463. The molecule has 10 nitrogen and oxygen atoms in total. The molecule has 0 spiro atoms. The Balaban J connectivity index is 1.54. The Morgan fingerprint density at radius 3 is 2.67 bits per heavy atom. The molecule has 1 saturated heterocycles. The number of piperazine rings is 1. The fraction of sp³-hybridized carbons (Fsp3) is 0.348. The normalized spacial score (nSPS) is 15.1. The van der Waals surface area contributed by atoms with Crippen LogP contribution in [0.5, 0.6) is 5.88 Å². The smallest absolute Gasteiger partial charge is 0.213 e. The van der Waals surface area contributed by atoms with Gasteiger partial charge in [0.2, 0.25) is 5.88 Å². The first-order valence-electron chi connectivity index (χ1n) is 10.9. The summed E-state index contributed by atoms with van der Waals surface area (Å²) in [7, 11) is 3.76. The summed E-state index contributed by atoms with van der Waals surface area (Å²) in [6.45, 7) is 6.95. The average molecular weight is 446 g/mol. The zero-order valence-corrected chi connectivity index (χ0v) is 19.0. The molecule has 0 saturated carbocycles. The minimum absolute atomic E-state index is 0.557. The molecule has 1 aliphatic rings. The summed E-state index contributed by atoms with van der Waals surface area (Å²) < 4.78 is 5.17. The third-order valence-corrected chi connectivity index (χ3v) is 5.81. The molecule has 0 aliphatic carbocycles. The number of methoxy groups -OCH3 is 1. The summed E-state index contributed by atoms with van der Waals surface area (Å²) in [4.78, 5) is 30.6. The van der Waals surface area contributed by atoms with Crippen LogP contribution in [-0.4, -0.2) is 80.0 Å². The van der Waals surface area contributed by atoms with Crippen LogP contribution in [0.3, 0.4) is 0 Å². The second-order valence-electron chi connectivity index (χ2n) is 8.25. The van der Waals surface area contributed by atoms with E-state index >= 15 is 0 Å². The van der Waals surface area contributed by atoms with Crippen molar-refractivity contribution in [3.05, 3.63) is 48.3 Å². The molecule has 5 rings (SSSR count). The summed E-state index contributed by atoms with van der Waals surface area (Å²) in [5.41, 5.74) is 5.03. The topological polar surface area (TPSA) is 108 Å². The SMILES string of the molecule is COc1ccc(Nc2ncc(CN3CCN(C)CC3)cc2-c2nc(C)nc3nc[nH]c23)cn1. The molecule has 2 N–H and O–H groups in total.